The average molecular weight is 605 g/mol. The molecule has 8 heteroatoms. The van der Waals surface area contributed by atoms with Crippen molar-refractivity contribution < 1.29 is 14.0 Å². The average Bonchev–Trinajstić information content (AvgIpc) is 3.57. The highest BCUT2D eigenvalue weighted by molar-refractivity contribution is 6.42. The Morgan fingerprint density at radius 3 is 2.31 bits per heavy atom. The lowest BCUT2D eigenvalue weighted by molar-refractivity contribution is -0.0232. The zero-order valence-electron chi connectivity index (χ0n) is 23.7. The van der Waals surface area contributed by atoms with Gasteiger partial charge in [0, 0.05) is 25.7 Å². The van der Waals surface area contributed by atoms with Crippen molar-refractivity contribution in [3.63, 3.8) is 0 Å². The van der Waals surface area contributed by atoms with Crippen molar-refractivity contribution in [2.24, 2.45) is 0 Å². The monoisotopic (exact) mass is 603 g/mol. The van der Waals surface area contributed by atoms with Crippen LogP contribution in [0.15, 0.2) is 95.6 Å². The molecule has 5 rings (SSSR count). The summed E-state index contributed by atoms with van der Waals surface area (Å²) in [4.78, 5) is 26.7. The number of nitrogens with zero attached hydrogens (tertiary/aromatic N) is 2. The van der Waals surface area contributed by atoms with Crippen molar-refractivity contribution in [3.05, 3.63) is 129 Å². The third-order valence-corrected chi connectivity index (χ3v) is 8.87. The fourth-order valence-corrected chi connectivity index (χ4v) is 6.02. The Morgan fingerprint density at radius 1 is 0.881 bits per heavy atom. The Morgan fingerprint density at radius 2 is 1.60 bits per heavy atom. The molecule has 1 aliphatic rings. The standard InChI is InChI=1S/C34H35Cl2N3O3/c1-38(33(41)28-15-8-7-12-26(28)11-6-5-10-25-17-18-29(35)30(36)24-25)39-21-19-34(20-22-39,27-13-3-2-4-14-27)37-32(40)31-16-9-23-42-31/h2-4,7-9,12-18,23-24H,5-6,10-11,19-22H2,1H3,(H,37,40). The maximum Gasteiger partial charge on any atom is 0.287 e. The second-order valence-corrected chi connectivity index (χ2v) is 11.6. The highest BCUT2D eigenvalue weighted by Crippen LogP contribution is 2.34. The predicted octanol–water partition coefficient (Wildman–Crippen LogP) is 7.56. The van der Waals surface area contributed by atoms with Crippen LogP contribution in [0.5, 0.6) is 0 Å². The number of hydrogen-bond donors (Lipinski definition) is 1. The maximum atomic E-state index is 13.7. The number of amides is 2. The molecule has 1 fully saturated rings. The molecule has 3 aromatic carbocycles. The number of aryl methyl sites for hydroxylation is 2. The van der Waals surface area contributed by atoms with Crippen LogP contribution in [-0.2, 0) is 18.4 Å². The first-order valence-electron chi connectivity index (χ1n) is 14.3. The summed E-state index contributed by atoms with van der Waals surface area (Å²) in [6.07, 6.45) is 6.45. The largest absolute Gasteiger partial charge is 0.459 e. The molecule has 1 aromatic heterocycles. The fraction of sp³-hybridized carbons (Fsp3) is 0.294. The van der Waals surface area contributed by atoms with Crippen LogP contribution < -0.4 is 5.32 Å². The van der Waals surface area contributed by atoms with Crippen molar-refractivity contribution in [2.75, 3.05) is 20.1 Å². The topological polar surface area (TPSA) is 65.8 Å². The number of unbranched alkanes of at least 4 members (excludes halogenated alkanes) is 1. The van der Waals surface area contributed by atoms with E-state index in [1.165, 1.54) is 6.26 Å². The van der Waals surface area contributed by atoms with E-state index in [0.717, 1.165) is 47.9 Å². The van der Waals surface area contributed by atoms with Crippen molar-refractivity contribution in [3.8, 4) is 0 Å². The smallest absolute Gasteiger partial charge is 0.287 e. The first-order chi connectivity index (χ1) is 20.4. The van der Waals surface area contributed by atoms with Gasteiger partial charge in [-0.1, -0.05) is 77.8 Å². The summed E-state index contributed by atoms with van der Waals surface area (Å²) in [6.45, 7) is 1.22. The highest BCUT2D eigenvalue weighted by atomic mass is 35.5. The van der Waals surface area contributed by atoms with Crippen molar-refractivity contribution in [2.45, 2.75) is 44.1 Å². The number of nitrogens with one attached hydrogen (secondary N) is 1. The van der Waals surface area contributed by atoms with Gasteiger partial charge in [0.15, 0.2) is 5.76 Å². The maximum absolute atomic E-state index is 13.7. The van der Waals surface area contributed by atoms with Gasteiger partial charge in [-0.25, -0.2) is 5.01 Å². The van der Waals surface area contributed by atoms with Gasteiger partial charge in [0.25, 0.3) is 11.8 Å². The number of hydrogen-bond acceptors (Lipinski definition) is 4. The van der Waals surface area contributed by atoms with Crippen LogP contribution in [0.4, 0.5) is 0 Å². The molecule has 4 aromatic rings. The first-order valence-corrected chi connectivity index (χ1v) is 15.1. The minimum atomic E-state index is -0.558. The molecule has 1 saturated heterocycles. The second-order valence-electron chi connectivity index (χ2n) is 10.8. The number of piperidine rings is 1. The fourth-order valence-electron chi connectivity index (χ4n) is 5.70. The van der Waals surface area contributed by atoms with Crippen LogP contribution in [-0.4, -0.2) is 42.0 Å². The normalized spacial score (nSPS) is 14.8. The van der Waals surface area contributed by atoms with Gasteiger partial charge < -0.3 is 9.73 Å². The Labute approximate surface area is 257 Å². The Kier molecular flexibility index (Phi) is 9.68. The van der Waals surface area contributed by atoms with E-state index in [1.807, 2.05) is 79.8 Å². The zero-order chi connectivity index (χ0) is 29.5. The van der Waals surface area contributed by atoms with Crippen molar-refractivity contribution >= 4 is 35.0 Å². The second kappa shape index (κ2) is 13.6. The Hall–Kier alpha value is -3.58. The summed E-state index contributed by atoms with van der Waals surface area (Å²) in [6, 6.07) is 27.0. The van der Waals surface area contributed by atoms with Crippen molar-refractivity contribution in [1.82, 2.24) is 15.3 Å². The summed E-state index contributed by atoms with van der Waals surface area (Å²) >= 11 is 12.2. The number of furan rings is 1. The first kappa shape index (κ1) is 29.9. The predicted molar refractivity (Wildman–Crippen MR) is 167 cm³/mol. The van der Waals surface area contributed by atoms with Crippen LogP contribution in [0.1, 0.15) is 63.3 Å². The molecule has 1 aliphatic heterocycles. The van der Waals surface area contributed by atoms with Gasteiger partial charge in [0.2, 0.25) is 0 Å². The molecule has 42 heavy (non-hydrogen) atoms. The molecular weight excluding hydrogens is 569 g/mol. The van der Waals surface area contributed by atoms with E-state index >= 15 is 0 Å². The number of carbonyl (C=O) groups is 2. The van der Waals surface area contributed by atoms with Gasteiger partial charge in [-0.3, -0.25) is 14.6 Å². The molecule has 0 unspecified atom stereocenters. The van der Waals surface area contributed by atoms with E-state index < -0.39 is 5.54 Å². The summed E-state index contributed by atoms with van der Waals surface area (Å²) in [5.74, 6) is 0.0188. The molecule has 2 amide bonds. The molecule has 0 spiro atoms. The van der Waals surface area contributed by atoms with Crippen molar-refractivity contribution in [1.29, 1.82) is 0 Å². The molecule has 0 aliphatic carbocycles. The minimum absolute atomic E-state index is 0.0260. The van der Waals surface area contributed by atoms with Gasteiger partial charge >= 0.3 is 0 Å². The summed E-state index contributed by atoms with van der Waals surface area (Å²) in [5, 5.41) is 8.20. The quantitative estimate of drug-likeness (QED) is 0.190. The van der Waals surface area contributed by atoms with Crippen LogP contribution >= 0.6 is 23.2 Å². The Balaban J connectivity index is 1.22. The van der Waals surface area contributed by atoms with Crippen LogP contribution in [0.25, 0.3) is 0 Å². The Bertz CT molecular complexity index is 1500. The number of rotatable bonds is 10. The van der Waals surface area contributed by atoms with Crippen LogP contribution in [0, 0.1) is 0 Å². The molecule has 6 nitrogen and oxygen atoms in total. The molecule has 0 atom stereocenters. The van der Waals surface area contributed by atoms with Gasteiger partial charge in [-0.15, -0.1) is 0 Å². The number of benzene rings is 3. The lowest BCUT2D eigenvalue weighted by Gasteiger charge is -2.45. The number of halogens is 2. The lowest BCUT2D eigenvalue weighted by Crippen LogP contribution is -2.56. The molecule has 0 radical (unpaired) electrons. The third kappa shape index (κ3) is 6.89. The third-order valence-electron chi connectivity index (χ3n) is 8.13. The van der Waals surface area contributed by atoms with E-state index in [-0.39, 0.29) is 17.6 Å². The van der Waals surface area contributed by atoms with Gasteiger partial charge in [-0.2, -0.15) is 0 Å². The highest BCUT2D eigenvalue weighted by Gasteiger charge is 2.39. The zero-order valence-corrected chi connectivity index (χ0v) is 25.2. The molecule has 0 bridgehead atoms. The van der Waals surface area contributed by atoms with Gasteiger partial charge in [-0.05, 0) is 85.5 Å². The van der Waals surface area contributed by atoms with E-state index in [0.29, 0.717) is 36.0 Å². The molecule has 1 N–H and O–H groups in total. The number of carbonyl (C=O) groups excluding carboxylic acids is 2. The summed E-state index contributed by atoms with van der Waals surface area (Å²) < 4.78 is 5.35. The van der Waals surface area contributed by atoms with E-state index in [1.54, 1.807) is 17.1 Å². The molecular formula is C34H35Cl2N3O3. The SMILES string of the molecule is CN(C(=O)c1ccccc1CCCCc1ccc(Cl)c(Cl)c1)N1CCC(NC(=O)c2ccco2)(c2ccccc2)CC1. The van der Waals surface area contributed by atoms with Gasteiger partial charge in [0.05, 0.1) is 21.8 Å². The molecule has 0 saturated carbocycles. The summed E-state index contributed by atoms with van der Waals surface area (Å²) in [5.41, 5.74) is 3.42. The van der Waals surface area contributed by atoms with E-state index in [9.17, 15) is 9.59 Å². The van der Waals surface area contributed by atoms with Gasteiger partial charge in [0.1, 0.15) is 0 Å². The minimum Gasteiger partial charge on any atom is -0.459 e. The van der Waals surface area contributed by atoms with Crippen LogP contribution in [0.2, 0.25) is 10.0 Å². The lowest BCUT2D eigenvalue weighted by atomic mass is 9.81. The summed E-state index contributed by atoms with van der Waals surface area (Å²) in [7, 11) is 1.83. The van der Waals surface area contributed by atoms with E-state index in [4.69, 9.17) is 27.6 Å². The molecule has 218 valence electrons. The number of hydrazine groups is 1. The van der Waals surface area contributed by atoms with Crippen LogP contribution in [0.3, 0.4) is 0 Å². The van der Waals surface area contributed by atoms with E-state index in [2.05, 4.69) is 10.3 Å². The molecule has 2 heterocycles.